The Hall–Kier alpha value is -3.91. The van der Waals surface area contributed by atoms with Gasteiger partial charge in [-0.1, -0.05) is 66.7 Å². The first kappa shape index (κ1) is 18.5. The van der Waals surface area contributed by atoms with Gasteiger partial charge in [0.05, 0.1) is 22.2 Å². The second-order valence-corrected chi connectivity index (χ2v) is 9.93. The Labute approximate surface area is 198 Å². The van der Waals surface area contributed by atoms with Gasteiger partial charge in [-0.2, -0.15) is 0 Å². The van der Waals surface area contributed by atoms with Gasteiger partial charge in [-0.15, -0.1) is 0 Å². The lowest BCUT2D eigenvalue weighted by Crippen LogP contribution is -2.04. The molecule has 162 valence electrons. The Morgan fingerprint density at radius 2 is 1.32 bits per heavy atom. The van der Waals surface area contributed by atoms with E-state index in [4.69, 9.17) is 4.98 Å². The summed E-state index contributed by atoms with van der Waals surface area (Å²) in [5.74, 6) is 1.36. The molecule has 0 unspecified atom stereocenters. The van der Waals surface area contributed by atoms with Gasteiger partial charge in [0.1, 0.15) is 0 Å². The SMILES string of the molecule is c1ccc(-n2c3ccccc3c3ccc(-c4nc5ccccc5c5c4[C@H]4CC[C@H]5C4)cc32)cc1. The zero-order valence-corrected chi connectivity index (χ0v) is 18.9. The zero-order chi connectivity index (χ0) is 22.2. The van der Waals surface area contributed by atoms with Crippen LogP contribution in [-0.2, 0) is 0 Å². The monoisotopic (exact) mass is 436 g/mol. The first-order valence-electron chi connectivity index (χ1n) is 12.4. The summed E-state index contributed by atoms with van der Waals surface area (Å²) in [6, 6.07) is 35.2. The van der Waals surface area contributed by atoms with Gasteiger partial charge >= 0.3 is 0 Å². The Kier molecular flexibility index (Phi) is 3.70. The van der Waals surface area contributed by atoms with Crippen LogP contribution in [0, 0.1) is 0 Å². The summed E-state index contributed by atoms with van der Waals surface area (Å²) in [6.45, 7) is 0. The van der Waals surface area contributed by atoms with Crippen LogP contribution in [0.2, 0.25) is 0 Å². The third kappa shape index (κ3) is 2.43. The summed E-state index contributed by atoms with van der Waals surface area (Å²) >= 11 is 0. The predicted molar refractivity (Wildman–Crippen MR) is 141 cm³/mol. The van der Waals surface area contributed by atoms with Gasteiger partial charge in [-0.3, -0.25) is 0 Å². The van der Waals surface area contributed by atoms with Crippen LogP contribution in [0.5, 0.6) is 0 Å². The van der Waals surface area contributed by atoms with Gasteiger partial charge in [0.25, 0.3) is 0 Å². The van der Waals surface area contributed by atoms with Gasteiger partial charge in [0, 0.05) is 27.4 Å². The van der Waals surface area contributed by atoms with Crippen LogP contribution in [0.3, 0.4) is 0 Å². The first-order valence-corrected chi connectivity index (χ1v) is 12.4. The molecule has 2 aliphatic rings. The van der Waals surface area contributed by atoms with E-state index in [1.807, 2.05) is 0 Å². The number of fused-ring (bicyclic) bond motifs is 10. The van der Waals surface area contributed by atoms with E-state index in [-0.39, 0.29) is 0 Å². The topological polar surface area (TPSA) is 17.8 Å². The van der Waals surface area contributed by atoms with Crippen molar-refractivity contribution in [3.63, 3.8) is 0 Å². The maximum absolute atomic E-state index is 5.29. The van der Waals surface area contributed by atoms with Gasteiger partial charge in [-0.25, -0.2) is 4.98 Å². The van der Waals surface area contributed by atoms with Crippen molar-refractivity contribution in [2.45, 2.75) is 31.1 Å². The molecule has 1 saturated carbocycles. The summed E-state index contributed by atoms with van der Waals surface area (Å²) in [4.78, 5) is 5.29. The molecule has 34 heavy (non-hydrogen) atoms. The Bertz CT molecular complexity index is 1740. The quantitative estimate of drug-likeness (QED) is 0.267. The van der Waals surface area contributed by atoms with E-state index < -0.39 is 0 Å². The minimum Gasteiger partial charge on any atom is -0.309 e. The number of pyridine rings is 1. The maximum atomic E-state index is 5.29. The lowest BCUT2D eigenvalue weighted by atomic mass is 9.86. The third-order valence-electron chi connectivity index (χ3n) is 8.18. The van der Waals surface area contributed by atoms with Crippen molar-refractivity contribution in [1.82, 2.24) is 9.55 Å². The van der Waals surface area contributed by atoms with Gasteiger partial charge < -0.3 is 4.57 Å². The number of nitrogens with zero attached hydrogens (tertiary/aromatic N) is 2. The number of hydrogen-bond donors (Lipinski definition) is 0. The number of hydrogen-bond acceptors (Lipinski definition) is 1. The van der Waals surface area contributed by atoms with Crippen molar-refractivity contribution in [3.8, 4) is 16.9 Å². The summed E-state index contributed by atoms with van der Waals surface area (Å²) in [6.07, 6.45) is 3.92. The van der Waals surface area contributed by atoms with Crippen LogP contribution >= 0.6 is 0 Å². The average Bonchev–Trinajstić information content (AvgIpc) is 3.61. The summed E-state index contributed by atoms with van der Waals surface area (Å²) in [5, 5.41) is 3.96. The normalized spacial score (nSPS) is 18.8. The van der Waals surface area contributed by atoms with E-state index in [1.165, 1.54) is 69.0 Å². The highest BCUT2D eigenvalue weighted by atomic mass is 15.0. The lowest BCUT2D eigenvalue weighted by molar-refractivity contribution is 0.720. The van der Waals surface area contributed by atoms with Gasteiger partial charge in [0.2, 0.25) is 0 Å². The van der Waals surface area contributed by atoms with Crippen molar-refractivity contribution in [3.05, 3.63) is 108 Å². The van der Waals surface area contributed by atoms with Crippen LogP contribution in [0.15, 0.2) is 97.1 Å². The number of aromatic nitrogens is 2. The number of rotatable bonds is 2. The molecule has 2 bridgehead atoms. The lowest BCUT2D eigenvalue weighted by Gasteiger charge is -2.21. The molecule has 2 aromatic heterocycles. The Morgan fingerprint density at radius 3 is 2.21 bits per heavy atom. The van der Waals surface area contributed by atoms with E-state index in [2.05, 4.69) is 102 Å². The van der Waals surface area contributed by atoms with Gasteiger partial charge in [0.15, 0.2) is 0 Å². The summed E-state index contributed by atoms with van der Waals surface area (Å²) in [5.41, 5.74) is 10.4. The highest BCUT2D eigenvalue weighted by Gasteiger charge is 2.40. The average molecular weight is 437 g/mol. The molecule has 2 aliphatic carbocycles. The highest BCUT2D eigenvalue weighted by Crippen LogP contribution is 2.57. The molecule has 1 fully saturated rings. The second-order valence-electron chi connectivity index (χ2n) is 9.93. The maximum Gasteiger partial charge on any atom is 0.0748 e. The highest BCUT2D eigenvalue weighted by molar-refractivity contribution is 6.10. The van der Waals surface area contributed by atoms with Gasteiger partial charge in [-0.05, 0) is 72.6 Å². The van der Waals surface area contributed by atoms with Crippen molar-refractivity contribution in [2.24, 2.45) is 0 Å². The molecular formula is C32H24N2. The van der Waals surface area contributed by atoms with Crippen LogP contribution in [0.4, 0.5) is 0 Å². The van der Waals surface area contributed by atoms with Crippen LogP contribution in [0.25, 0.3) is 49.7 Å². The number of para-hydroxylation sites is 3. The molecule has 0 spiro atoms. The molecule has 6 aromatic rings. The van der Waals surface area contributed by atoms with E-state index in [1.54, 1.807) is 5.56 Å². The molecular weight excluding hydrogens is 412 g/mol. The van der Waals surface area contributed by atoms with E-state index in [9.17, 15) is 0 Å². The molecule has 4 aromatic carbocycles. The minimum atomic E-state index is 0.655. The molecule has 0 radical (unpaired) electrons. The summed E-state index contributed by atoms with van der Waals surface area (Å²) in [7, 11) is 0. The molecule has 0 aliphatic heterocycles. The minimum absolute atomic E-state index is 0.655. The van der Waals surface area contributed by atoms with E-state index >= 15 is 0 Å². The fraction of sp³-hybridized carbons (Fsp3) is 0.156. The predicted octanol–water partition coefficient (Wildman–Crippen LogP) is 8.36. The largest absolute Gasteiger partial charge is 0.309 e. The molecule has 2 nitrogen and oxygen atoms in total. The van der Waals surface area contributed by atoms with Crippen LogP contribution in [-0.4, -0.2) is 9.55 Å². The fourth-order valence-electron chi connectivity index (χ4n) is 6.80. The molecule has 2 heterocycles. The zero-order valence-electron chi connectivity index (χ0n) is 18.9. The van der Waals surface area contributed by atoms with Crippen molar-refractivity contribution < 1.29 is 0 Å². The van der Waals surface area contributed by atoms with Crippen LogP contribution < -0.4 is 0 Å². The summed E-state index contributed by atoms with van der Waals surface area (Å²) < 4.78 is 2.40. The second kappa shape index (κ2) is 6.80. The third-order valence-corrected chi connectivity index (χ3v) is 8.18. The molecule has 8 rings (SSSR count). The molecule has 2 atom stereocenters. The first-order chi connectivity index (χ1) is 16.9. The van der Waals surface area contributed by atoms with Crippen molar-refractivity contribution in [1.29, 1.82) is 0 Å². The van der Waals surface area contributed by atoms with E-state index in [0.29, 0.717) is 11.8 Å². The smallest absolute Gasteiger partial charge is 0.0748 e. The molecule has 0 amide bonds. The molecule has 0 saturated heterocycles. The fourth-order valence-corrected chi connectivity index (χ4v) is 6.80. The van der Waals surface area contributed by atoms with Crippen LogP contribution in [0.1, 0.15) is 42.2 Å². The van der Waals surface area contributed by atoms with Crippen molar-refractivity contribution in [2.75, 3.05) is 0 Å². The molecule has 2 heteroatoms. The Morgan fingerprint density at radius 1 is 0.618 bits per heavy atom. The van der Waals surface area contributed by atoms with E-state index in [0.717, 1.165) is 5.52 Å². The number of benzene rings is 4. The Balaban J connectivity index is 1.46. The van der Waals surface area contributed by atoms with Crippen molar-refractivity contribution >= 4 is 32.7 Å². The molecule has 0 N–H and O–H groups in total. The standard InChI is InChI=1S/C32H24N2/c1-2-8-23(9-3-1)34-28-13-7-5-10-24(28)25-17-16-22(19-29(25)34)32-31-21-15-14-20(18-21)30(31)26-11-4-6-12-27(26)33-32/h1-13,16-17,19-21H,14-15,18H2/t20-,21-/m0/s1.